The third kappa shape index (κ3) is 2.75. The second-order valence-corrected chi connectivity index (χ2v) is 4.98. The van der Waals surface area contributed by atoms with Crippen molar-refractivity contribution in [2.75, 3.05) is 12.3 Å². The van der Waals surface area contributed by atoms with Crippen LogP contribution in [0.1, 0.15) is 25.1 Å². The molecule has 106 valence electrons. The van der Waals surface area contributed by atoms with Crippen LogP contribution in [0.3, 0.4) is 0 Å². The lowest BCUT2D eigenvalue weighted by atomic mass is 10.1. The fourth-order valence-electron chi connectivity index (χ4n) is 2.31. The van der Waals surface area contributed by atoms with Gasteiger partial charge in [0.05, 0.1) is 11.8 Å². The van der Waals surface area contributed by atoms with Gasteiger partial charge in [-0.25, -0.2) is 0 Å². The number of nitrogens with two attached hydrogens (primary N) is 1. The van der Waals surface area contributed by atoms with Gasteiger partial charge in [-0.1, -0.05) is 5.16 Å². The fourth-order valence-corrected chi connectivity index (χ4v) is 2.31. The van der Waals surface area contributed by atoms with E-state index in [2.05, 4.69) is 10.1 Å². The highest BCUT2D eigenvalue weighted by atomic mass is 16.5. The molecule has 1 saturated heterocycles. The summed E-state index contributed by atoms with van der Waals surface area (Å²) in [7, 11) is 0. The molecule has 1 aromatic heterocycles. The number of hydrogen-bond acceptors (Lipinski definition) is 6. The predicted molar refractivity (Wildman–Crippen MR) is 73.1 cm³/mol. The number of phenolic OH excluding ortho intramolecular Hbond substituents is 1. The lowest BCUT2D eigenvalue weighted by molar-refractivity contribution is 0.0153. The molecule has 0 bridgehead atoms. The second kappa shape index (κ2) is 5.50. The number of rotatable bonds is 3. The molecule has 20 heavy (non-hydrogen) atoms. The molecule has 2 heterocycles. The lowest BCUT2D eigenvalue weighted by Crippen LogP contribution is -2.21. The molecule has 1 unspecified atom stereocenters. The molecule has 1 aliphatic heterocycles. The maximum Gasteiger partial charge on any atom is 0.258 e. The Hall–Kier alpha value is -2.08. The van der Waals surface area contributed by atoms with E-state index in [4.69, 9.17) is 15.0 Å². The first-order chi connectivity index (χ1) is 9.72. The van der Waals surface area contributed by atoms with Crippen LogP contribution in [-0.4, -0.2) is 28.0 Å². The molecule has 1 aromatic carbocycles. The smallest absolute Gasteiger partial charge is 0.258 e. The van der Waals surface area contributed by atoms with Crippen LogP contribution < -0.4 is 5.73 Å². The highest BCUT2D eigenvalue weighted by molar-refractivity contribution is 5.64. The van der Waals surface area contributed by atoms with Gasteiger partial charge in [-0.05, 0) is 37.5 Å². The Balaban J connectivity index is 1.73. The van der Waals surface area contributed by atoms with Crippen molar-refractivity contribution in [2.24, 2.45) is 0 Å². The number of aromatic hydroxyl groups is 1. The molecule has 6 nitrogen and oxygen atoms in total. The van der Waals surface area contributed by atoms with Crippen molar-refractivity contribution in [1.29, 1.82) is 0 Å². The Morgan fingerprint density at radius 1 is 1.35 bits per heavy atom. The summed E-state index contributed by atoms with van der Waals surface area (Å²) in [4.78, 5) is 4.35. The maximum absolute atomic E-state index is 9.40. The van der Waals surface area contributed by atoms with Gasteiger partial charge in [0.15, 0.2) is 5.82 Å². The van der Waals surface area contributed by atoms with Crippen LogP contribution in [0.5, 0.6) is 5.75 Å². The zero-order valence-electron chi connectivity index (χ0n) is 11.1. The van der Waals surface area contributed by atoms with Gasteiger partial charge in [-0.2, -0.15) is 4.98 Å². The highest BCUT2D eigenvalue weighted by Crippen LogP contribution is 2.26. The van der Waals surface area contributed by atoms with Crippen LogP contribution in [0.2, 0.25) is 0 Å². The molecule has 3 N–H and O–H groups in total. The largest absolute Gasteiger partial charge is 0.506 e. The Morgan fingerprint density at radius 3 is 3.00 bits per heavy atom. The minimum absolute atomic E-state index is 0.0455. The molecule has 0 amide bonds. The summed E-state index contributed by atoms with van der Waals surface area (Å²) in [6.45, 7) is 0.809. The van der Waals surface area contributed by atoms with Crippen molar-refractivity contribution in [3.05, 3.63) is 24.0 Å². The van der Waals surface area contributed by atoms with Gasteiger partial charge in [0.25, 0.3) is 5.89 Å². The standard InChI is InChI=1S/C14H17N3O3/c15-11-7-9(4-5-12(11)18)14-16-13(17-20-14)8-10-3-1-2-6-19-10/h4-5,7,10,18H,1-3,6,8,15H2. The fraction of sp³-hybridized carbons (Fsp3) is 0.429. The Bertz CT molecular complexity index is 591. The van der Waals surface area contributed by atoms with Crippen LogP contribution in [0.15, 0.2) is 22.7 Å². The average Bonchev–Trinajstić information content (AvgIpc) is 2.91. The molecule has 1 aliphatic rings. The number of aromatic nitrogens is 2. The van der Waals surface area contributed by atoms with E-state index in [-0.39, 0.29) is 17.5 Å². The zero-order chi connectivity index (χ0) is 13.9. The van der Waals surface area contributed by atoms with Crippen LogP contribution in [0.25, 0.3) is 11.5 Å². The topological polar surface area (TPSA) is 94.4 Å². The third-order valence-electron chi connectivity index (χ3n) is 3.43. The SMILES string of the molecule is Nc1cc(-c2nc(CC3CCCCO3)no2)ccc1O. The molecule has 1 atom stereocenters. The summed E-state index contributed by atoms with van der Waals surface area (Å²) in [6, 6.07) is 4.82. The van der Waals surface area contributed by atoms with Crippen LogP contribution in [-0.2, 0) is 11.2 Å². The number of ether oxygens (including phenoxy) is 1. The summed E-state index contributed by atoms with van der Waals surface area (Å²) in [5, 5.41) is 13.4. The van der Waals surface area contributed by atoms with Gasteiger partial charge >= 0.3 is 0 Å². The molecule has 0 aliphatic carbocycles. The van der Waals surface area contributed by atoms with Gasteiger partial charge in [-0.15, -0.1) is 0 Å². The van der Waals surface area contributed by atoms with Gasteiger partial charge in [0.1, 0.15) is 5.75 Å². The molecule has 0 saturated carbocycles. The number of nitrogen functional groups attached to an aromatic ring is 1. The van der Waals surface area contributed by atoms with E-state index >= 15 is 0 Å². The normalized spacial score (nSPS) is 19.1. The summed E-state index contributed by atoms with van der Waals surface area (Å²) in [5.74, 6) is 1.09. The average molecular weight is 275 g/mol. The summed E-state index contributed by atoms with van der Waals surface area (Å²) < 4.78 is 10.9. The Morgan fingerprint density at radius 2 is 2.25 bits per heavy atom. The van der Waals surface area contributed by atoms with Gasteiger partial charge in [-0.3, -0.25) is 0 Å². The van der Waals surface area contributed by atoms with Crippen molar-refractivity contribution in [2.45, 2.75) is 31.8 Å². The zero-order valence-corrected chi connectivity index (χ0v) is 11.1. The van der Waals surface area contributed by atoms with Crippen molar-refractivity contribution >= 4 is 5.69 Å². The molecular weight excluding hydrogens is 258 g/mol. The number of benzene rings is 1. The summed E-state index contributed by atoms with van der Waals surface area (Å²) >= 11 is 0. The van der Waals surface area contributed by atoms with Crippen LogP contribution >= 0.6 is 0 Å². The molecule has 0 radical (unpaired) electrons. The van der Waals surface area contributed by atoms with E-state index in [1.807, 2.05) is 0 Å². The van der Waals surface area contributed by atoms with E-state index in [0.717, 1.165) is 19.4 Å². The van der Waals surface area contributed by atoms with Gasteiger partial charge in [0, 0.05) is 18.6 Å². The minimum Gasteiger partial charge on any atom is -0.506 e. The van der Waals surface area contributed by atoms with Crippen molar-refractivity contribution in [3.63, 3.8) is 0 Å². The molecule has 3 rings (SSSR count). The maximum atomic E-state index is 9.40. The first-order valence-corrected chi connectivity index (χ1v) is 6.75. The van der Waals surface area contributed by atoms with E-state index in [0.29, 0.717) is 23.7 Å². The number of phenols is 1. The lowest BCUT2D eigenvalue weighted by Gasteiger charge is -2.20. The molecule has 2 aromatic rings. The number of hydrogen-bond donors (Lipinski definition) is 2. The second-order valence-electron chi connectivity index (χ2n) is 4.98. The molecular formula is C14H17N3O3. The Labute approximate surface area is 116 Å². The number of anilines is 1. The van der Waals surface area contributed by atoms with Gasteiger partial charge < -0.3 is 20.1 Å². The van der Waals surface area contributed by atoms with E-state index in [1.165, 1.54) is 12.5 Å². The first kappa shape index (κ1) is 12.9. The highest BCUT2D eigenvalue weighted by Gasteiger charge is 2.18. The minimum atomic E-state index is 0.0455. The Kier molecular flexibility index (Phi) is 3.56. The third-order valence-corrected chi connectivity index (χ3v) is 3.43. The molecule has 0 spiro atoms. The summed E-state index contributed by atoms with van der Waals surface area (Å²) in [6.07, 6.45) is 4.19. The molecule has 6 heteroatoms. The van der Waals surface area contributed by atoms with Crippen molar-refractivity contribution in [1.82, 2.24) is 10.1 Å². The monoisotopic (exact) mass is 275 g/mol. The van der Waals surface area contributed by atoms with Crippen LogP contribution in [0.4, 0.5) is 5.69 Å². The van der Waals surface area contributed by atoms with Crippen molar-refractivity contribution in [3.8, 4) is 17.2 Å². The molecule has 1 fully saturated rings. The van der Waals surface area contributed by atoms with Crippen molar-refractivity contribution < 1.29 is 14.4 Å². The predicted octanol–water partition coefficient (Wildman–Crippen LogP) is 2.14. The van der Waals surface area contributed by atoms with E-state index < -0.39 is 0 Å². The quantitative estimate of drug-likeness (QED) is 0.658. The summed E-state index contributed by atoms with van der Waals surface area (Å²) in [5.41, 5.74) is 6.64. The van der Waals surface area contributed by atoms with Gasteiger partial charge in [0.2, 0.25) is 0 Å². The van der Waals surface area contributed by atoms with Crippen LogP contribution in [0, 0.1) is 0 Å². The first-order valence-electron chi connectivity index (χ1n) is 6.75. The van der Waals surface area contributed by atoms with E-state index in [1.54, 1.807) is 12.1 Å². The van der Waals surface area contributed by atoms with E-state index in [9.17, 15) is 5.11 Å². The number of nitrogens with zero attached hydrogens (tertiary/aromatic N) is 2.